The summed E-state index contributed by atoms with van der Waals surface area (Å²) in [5.41, 5.74) is 0.486. The van der Waals surface area contributed by atoms with E-state index in [4.69, 9.17) is 11.2 Å². The van der Waals surface area contributed by atoms with Crippen molar-refractivity contribution in [2.24, 2.45) is 0 Å². The van der Waals surface area contributed by atoms with Gasteiger partial charge in [0.25, 0.3) is 6.43 Å². The van der Waals surface area contributed by atoms with Gasteiger partial charge in [-0.2, -0.15) is 0 Å². The number of fused-ring (bicyclic) bond motifs is 1. The number of pyridine rings is 1. The van der Waals surface area contributed by atoms with E-state index in [1.807, 2.05) is 11.8 Å². The van der Waals surface area contributed by atoms with E-state index in [0.29, 0.717) is 35.6 Å². The Hall–Kier alpha value is -2.70. The van der Waals surface area contributed by atoms with Gasteiger partial charge >= 0.3 is 0 Å². The smallest absolute Gasteiger partial charge is 0.291 e. The van der Waals surface area contributed by atoms with E-state index in [2.05, 4.69) is 31.1 Å². The quantitative estimate of drug-likeness (QED) is 0.469. The number of ether oxygens (including phenoxy) is 1. The monoisotopic (exact) mass is 523 g/mol. The van der Waals surface area contributed by atoms with E-state index in [0.717, 1.165) is 0 Å². The average Bonchev–Trinajstić information content (AvgIpc) is 3.43. The molecule has 10 nitrogen and oxygen atoms in total. The molecule has 2 fully saturated rings. The molecule has 2 aliphatic rings. The minimum absolute atomic E-state index is 0.00517. The Labute approximate surface area is 204 Å². The van der Waals surface area contributed by atoms with Gasteiger partial charge in [0.05, 0.1) is 42.2 Å². The van der Waals surface area contributed by atoms with Crippen molar-refractivity contribution in [3.05, 3.63) is 23.5 Å². The third-order valence-electron chi connectivity index (χ3n) is 5.87. The number of aromatic nitrogens is 4. The van der Waals surface area contributed by atoms with Crippen molar-refractivity contribution in [1.82, 2.24) is 29.6 Å². The van der Waals surface area contributed by atoms with E-state index < -0.39 is 27.0 Å². The molecule has 14 heteroatoms. The third-order valence-corrected chi connectivity index (χ3v) is 8.40. The number of rotatable bonds is 6. The summed E-state index contributed by atoms with van der Waals surface area (Å²) >= 11 is 0.708. The molecule has 2 aliphatic heterocycles. The lowest BCUT2D eigenvalue weighted by molar-refractivity contribution is -0.0523. The van der Waals surface area contributed by atoms with Gasteiger partial charge in [0.1, 0.15) is 4.90 Å². The first kappa shape index (κ1) is 24.0. The lowest BCUT2D eigenvalue weighted by atomic mass is 10.0. The van der Waals surface area contributed by atoms with Crippen LogP contribution in [0, 0.1) is 12.3 Å². The summed E-state index contributed by atoms with van der Waals surface area (Å²) in [5.74, 6) is 2.93. The first-order valence-electron chi connectivity index (χ1n) is 10.8. The zero-order chi connectivity index (χ0) is 25.0. The number of alkyl halides is 2. The van der Waals surface area contributed by atoms with Crippen LogP contribution in [0.15, 0.2) is 23.4 Å². The van der Waals surface area contributed by atoms with Crippen LogP contribution >= 0.6 is 11.3 Å². The number of terminal acetylenes is 1. The molecule has 0 unspecified atom stereocenters. The van der Waals surface area contributed by atoms with Gasteiger partial charge in [0, 0.05) is 25.3 Å². The molecule has 0 spiro atoms. The van der Waals surface area contributed by atoms with E-state index in [1.54, 1.807) is 23.6 Å². The fourth-order valence-electron chi connectivity index (χ4n) is 4.25. The van der Waals surface area contributed by atoms with E-state index in [-0.39, 0.29) is 41.0 Å². The largest absolute Gasteiger partial charge is 0.377 e. The molecule has 2 N–H and O–H groups in total. The van der Waals surface area contributed by atoms with Gasteiger partial charge in [-0.15, -0.1) is 16.6 Å². The summed E-state index contributed by atoms with van der Waals surface area (Å²) in [7, 11) is -3.96. The van der Waals surface area contributed by atoms with Crippen molar-refractivity contribution < 1.29 is 21.9 Å². The molecular formula is C21H23F2N7O3S2. The zero-order valence-electron chi connectivity index (χ0n) is 18.9. The van der Waals surface area contributed by atoms with Crippen molar-refractivity contribution >= 4 is 32.6 Å². The number of piperazine rings is 1. The number of anilines is 1. The topological polar surface area (TPSA) is 114 Å². The van der Waals surface area contributed by atoms with Crippen molar-refractivity contribution in [2.75, 3.05) is 31.2 Å². The van der Waals surface area contributed by atoms with E-state index in [9.17, 15) is 17.2 Å². The Bertz CT molecular complexity index is 1410. The SMILES string of the molecule is C#C[C@H]1CN(c2cc(S(=O)(=O)NC3(C)COC3)cn3c(-c4nnc(C(F)F)s4)ncc23)C[C@H](C)N1. The minimum Gasteiger partial charge on any atom is -0.377 e. The molecule has 0 bridgehead atoms. The predicted octanol–water partition coefficient (Wildman–Crippen LogP) is 1.66. The van der Waals surface area contributed by atoms with Gasteiger partial charge < -0.3 is 9.64 Å². The number of nitrogens with zero attached hydrogens (tertiary/aromatic N) is 5. The number of sulfonamides is 1. The first-order valence-corrected chi connectivity index (χ1v) is 13.1. The second kappa shape index (κ2) is 8.75. The van der Waals surface area contributed by atoms with Crippen LogP contribution in [-0.2, 0) is 14.8 Å². The van der Waals surface area contributed by atoms with Crippen LogP contribution in [0.4, 0.5) is 14.5 Å². The molecule has 0 amide bonds. The molecule has 186 valence electrons. The predicted molar refractivity (Wildman–Crippen MR) is 126 cm³/mol. The molecule has 0 radical (unpaired) electrons. The fraction of sp³-hybridized carbons (Fsp3) is 0.476. The Kier molecular flexibility index (Phi) is 6.01. The number of hydrogen-bond acceptors (Lipinski definition) is 9. The number of imidazole rings is 1. The number of nitrogens with one attached hydrogen (secondary N) is 2. The molecule has 0 aromatic carbocycles. The van der Waals surface area contributed by atoms with Gasteiger partial charge in [0.15, 0.2) is 15.8 Å². The average molecular weight is 524 g/mol. The van der Waals surface area contributed by atoms with Crippen molar-refractivity contribution in [3.63, 3.8) is 0 Å². The highest BCUT2D eigenvalue weighted by atomic mass is 32.2. The zero-order valence-corrected chi connectivity index (χ0v) is 20.5. The summed E-state index contributed by atoms with van der Waals surface area (Å²) in [6, 6.07) is 1.40. The maximum absolute atomic E-state index is 13.4. The van der Waals surface area contributed by atoms with Crippen LogP contribution in [0.3, 0.4) is 0 Å². The lowest BCUT2D eigenvalue weighted by Gasteiger charge is -2.39. The summed E-state index contributed by atoms with van der Waals surface area (Å²) in [4.78, 5) is 6.38. The Balaban J connectivity index is 1.66. The summed E-state index contributed by atoms with van der Waals surface area (Å²) in [6.45, 7) is 5.30. The molecule has 3 aromatic heterocycles. The maximum atomic E-state index is 13.4. The normalized spacial score (nSPS) is 22.3. The lowest BCUT2D eigenvalue weighted by Crippen LogP contribution is -2.59. The first-order chi connectivity index (χ1) is 16.6. The van der Waals surface area contributed by atoms with Crippen molar-refractivity contribution in [3.8, 4) is 23.2 Å². The second-order valence-electron chi connectivity index (χ2n) is 9.00. The highest BCUT2D eigenvalue weighted by molar-refractivity contribution is 7.89. The van der Waals surface area contributed by atoms with Gasteiger partial charge in [-0.3, -0.25) is 9.72 Å². The Morgan fingerprint density at radius 3 is 2.77 bits per heavy atom. The molecule has 0 saturated carbocycles. The summed E-state index contributed by atoms with van der Waals surface area (Å²) < 4.78 is 62.4. The van der Waals surface area contributed by atoms with E-state index >= 15 is 0 Å². The van der Waals surface area contributed by atoms with Crippen LogP contribution in [0.2, 0.25) is 0 Å². The number of hydrogen-bond donors (Lipinski definition) is 2. The van der Waals surface area contributed by atoms with Crippen LogP contribution in [0.1, 0.15) is 25.3 Å². The van der Waals surface area contributed by atoms with Crippen LogP contribution in [-0.4, -0.2) is 71.9 Å². The van der Waals surface area contributed by atoms with Gasteiger partial charge in [-0.1, -0.05) is 17.3 Å². The fourth-order valence-corrected chi connectivity index (χ4v) is 6.34. The molecule has 2 saturated heterocycles. The van der Waals surface area contributed by atoms with Crippen molar-refractivity contribution in [2.45, 2.75) is 42.8 Å². The van der Waals surface area contributed by atoms with Crippen LogP contribution in [0.25, 0.3) is 16.3 Å². The van der Waals surface area contributed by atoms with Crippen LogP contribution < -0.4 is 14.9 Å². The van der Waals surface area contributed by atoms with Crippen molar-refractivity contribution in [1.29, 1.82) is 0 Å². The Morgan fingerprint density at radius 2 is 2.14 bits per heavy atom. The summed E-state index contributed by atoms with van der Waals surface area (Å²) in [5, 5.41) is 10.4. The maximum Gasteiger partial charge on any atom is 0.291 e. The van der Waals surface area contributed by atoms with Gasteiger partial charge in [-0.05, 0) is 19.9 Å². The molecule has 3 aromatic rings. The molecule has 35 heavy (non-hydrogen) atoms. The minimum atomic E-state index is -3.96. The second-order valence-corrected chi connectivity index (χ2v) is 11.7. The molecule has 5 heterocycles. The van der Waals surface area contributed by atoms with Gasteiger partial charge in [0.2, 0.25) is 10.0 Å². The van der Waals surface area contributed by atoms with Gasteiger partial charge in [-0.25, -0.2) is 26.9 Å². The molecule has 0 aliphatic carbocycles. The molecule has 2 atom stereocenters. The standard InChI is InChI=1S/C21H23F2N7O3S2/c1-4-13-8-29(7-12(2)25-13)15-5-14(35(31,32)28-21(3)10-33-11-21)9-30-16(15)6-24-18(30)20-27-26-19(34-20)17(22)23/h1,5-6,9,12-13,17,25,28H,7-8,10-11H2,2-3H3/t12-,13-/m0/s1. The highest BCUT2D eigenvalue weighted by Gasteiger charge is 2.38. The molecule has 5 rings (SSSR count). The Morgan fingerprint density at radius 1 is 1.37 bits per heavy atom. The van der Waals surface area contributed by atoms with E-state index in [1.165, 1.54) is 6.20 Å². The highest BCUT2D eigenvalue weighted by Crippen LogP contribution is 2.34. The van der Waals surface area contributed by atoms with Crippen LogP contribution in [0.5, 0.6) is 0 Å². The molecular weight excluding hydrogens is 500 g/mol. The third kappa shape index (κ3) is 4.50. The summed E-state index contributed by atoms with van der Waals surface area (Å²) in [6.07, 6.45) is 5.88. The number of halogens is 2.